The van der Waals surface area contributed by atoms with Crippen molar-refractivity contribution >= 4 is 16.7 Å². The number of rotatable bonds is 2. The van der Waals surface area contributed by atoms with Crippen LogP contribution in [-0.2, 0) is 4.79 Å². The van der Waals surface area contributed by atoms with Gasteiger partial charge < -0.3 is 4.57 Å². The molecular weight excluding hydrogens is 218 g/mol. The van der Waals surface area contributed by atoms with E-state index in [0.717, 1.165) is 5.39 Å². The number of benzene rings is 1. The lowest BCUT2D eigenvalue weighted by atomic mass is 10.1. The average Bonchev–Trinajstić information content (AvgIpc) is 2.38. The van der Waals surface area contributed by atoms with Gasteiger partial charge in [0.25, 0.3) is 11.5 Å². The van der Waals surface area contributed by atoms with Crippen molar-refractivity contribution in [2.45, 2.75) is 13.0 Å². The number of aromatic nitrogens is 1. The van der Waals surface area contributed by atoms with Gasteiger partial charge in [0.05, 0.1) is 0 Å². The Morgan fingerprint density at radius 1 is 1.35 bits per heavy atom. The molecule has 88 valence electrons. The van der Waals surface area contributed by atoms with E-state index in [1.807, 2.05) is 17.6 Å². The highest BCUT2D eigenvalue weighted by atomic mass is 16.2. The van der Waals surface area contributed by atoms with E-state index in [9.17, 15) is 9.59 Å². The molecule has 1 heterocycles. The maximum atomic E-state index is 12.1. The van der Waals surface area contributed by atoms with Gasteiger partial charge in [-0.05, 0) is 24.4 Å². The van der Waals surface area contributed by atoms with Crippen molar-refractivity contribution in [1.29, 1.82) is 0 Å². The molecule has 0 spiro atoms. The molecule has 0 fully saturated rings. The van der Waals surface area contributed by atoms with E-state index in [0.29, 0.717) is 5.39 Å². The molecule has 0 saturated heterocycles. The number of hydrogen-bond donors (Lipinski definition) is 2. The number of nitrogens with zero attached hydrogens (tertiary/aromatic N) is 1. The Balaban J connectivity index is 2.61. The van der Waals surface area contributed by atoms with E-state index >= 15 is 0 Å². The second-order valence-electron chi connectivity index (χ2n) is 3.80. The first kappa shape index (κ1) is 11.3. The SMILES string of the molecule is CC(C(=O)NN)n1ccc2ccccc2c1=O. The highest BCUT2D eigenvalue weighted by Gasteiger charge is 2.15. The standard InChI is InChI=1S/C12H13N3O2/c1-8(11(16)14-13)15-7-6-9-4-2-3-5-10(9)12(15)17/h2-8H,13H2,1H3,(H,14,16). The third-order valence-corrected chi connectivity index (χ3v) is 2.78. The fraction of sp³-hybridized carbons (Fsp3) is 0.167. The van der Waals surface area contributed by atoms with Gasteiger partial charge in [0.15, 0.2) is 0 Å². The smallest absolute Gasteiger partial charge is 0.259 e. The van der Waals surface area contributed by atoms with Gasteiger partial charge in [0.2, 0.25) is 0 Å². The first-order chi connectivity index (χ1) is 8.15. The van der Waals surface area contributed by atoms with E-state index in [4.69, 9.17) is 5.84 Å². The molecule has 5 heteroatoms. The second kappa shape index (κ2) is 4.39. The maximum absolute atomic E-state index is 12.1. The van der Waals surface area contributed by atoms with E-state index in [2.05, 4.69) is 0 Å². The highest BCUT2D eigenvalue weighted by Crippen LogP contribution is 2.10. The summed E-state index contributed by atoms with van der Waals surface area (Å²) < 4.78 is 1.37. The van der Waals surface area contributed by atoms with Crippen molar-refractivity contribution in [1.82, 2.24) is 9.99 Å². The Labute approximate surface area is 97.8 Å². The van der Waals surface area contributed by atoms with E-state index < -0.39 is 11.9 Å². The lowest BCUT2D eigenvalue weighted by Crippen LogP contribution is -2.39. The molecule has 1 atom stereocenters. The zero-order valence-electron chi connectivity index (χ0n) is 9.38. The summed E-state index contributed by atoms with van der Waals surface area (Å²) >= 11 is 0. The molecule has 1 aromatic carbocycles. The van der Waals surface area contributed by atoms with Gasteiger partial charge in [0.1, 0.15) is 6.04 Å². The van der Waals surface area contributed by atoms with Crippen LogP contribution >= 0.6 is 0 Å². The zero-order valence-corrected chi connectivity index (χ0v) is 9.38. The Hall–Kier alpha value is -2.14. The summed E-state index contributed by atoms with van der Waals surface area (Å²) in [5, 5.41) is 1.45. The molecule has 0 aliphatic heterocycles. The third kappa shape index (κ3) is 1.92. The van der Waals surface area contributed by atoms with Crippen LogP contribution in [0.1, 0.15) is 13.0 Å². The number of fused-ring (bicyclic) bond motifs is 1. The summed E-state index contributed by atoms with van der Waals surface area (Å²) in [4.78, 5) is 23.5. The van der Waals surface area contributed by atoms with E-state index in [-0.39, 0.29) is 5.56 Å². The Morgan fingerprint density at radius 2 is 2.06 bits per heavy atom. The van der Waals surface area contributed by atoms with Gasteiger partial charge in [-0.2, -0.15) is 0 Å². The van der Waals surface area contributed by atoms with Gasteiger partial charge >= 0.3 is 0 Å². The van der Waals surface area contributed by atoms with Crippen molar-refractivity contribution in [2.75, 3.05) is 0 Å². The van der Waals surface area contributed by atoms with Gasteiger partial charge in [-0.25, -0.2) is 5.84 Å². The first-order valence-corrected chi connectivity index (χ1v) is 5.25. The number of carbonyl (C=O) groups is 1. The topological polar surface area (TPSA) is 77.1 Å². The number of nitrogens with one attached hydrogen (secondary N) is 1. The van der Waals surface area contributed by atoms with Crippen LogP contribution < -0.4 is 16.8 Å². The maximum Gasteiger partial charge on any atom is 0.259 e. The number of pyridine rings is 1. The van der Waals surface area contributed by atoms with Crippen LogP contribution in [0, 0.1) is 0 Å². The van der Waals surface area contributed by atoms with Gasteiger partial charge in [-0.3, -0.25) is 15.0 Å². The molecule has 0 saturated carbocycles. The van der Waals surface area contributed by atoms with Gasteiger partial charge in [-0.1, -0.05) is 18.2 Å². The van der Waals surface area contributed by atoms with Crippen LogP contribution in [0.5, 0.6) is 0 Å². The largest absolute Gasteiger partial charge is 0.303 e. The minimum atomic E-state index is -0.628. The molecule has 5 nitrogen and oxygen atoms in total. The van der Waals surface area contributed by atoms with Gasteiger partial charge in [0, 0.05) is 11.6 Å². The Kier molecular flexibility index (Phi) is 2.93. The fourth-order valence-corrected chi connectivity index (χ4v) is 1.76. The summed E-state index contributed by atoms with van der Waals surface area (Å²) in [6.45, 7) is 1.62. The number of amides is 1. The monoisotopic (exact) mass is 231 g/mol. The second-order valence-corrected chi connectivity index (χ2v) is 3.80. The fourth-order valence-electron chi connectivity index (χ4n) is 1.76. The van der Waals surface area contributed by atoms with Crippen molar-refractivity contribution in [2.24, 2.45) is 5.84 Å². The van der Waals surface area contributed by atoms with Crippen LogP contribution in [0.2, 0.25) is 0 Å². The molecule has 0 bridgehead atoms. The number of hydrazine groups is 1. The molecule has 0 aliphatic carbocycles. The van der Waals surface area contributed by atoms with Crippen LogP contribution in [0.15, 0.2) is 41.3 Å². The molecule has 2 rings (SSSR count). The lowest BCUT2D eigenvalue weighted by Gasteiger charge is -2.13. The molecule has 1 aromatic heterocycles. The van der Waals surface area contributed by atoms with Gasteiger partial charge in [-0.15, -0.1) is 0 Å². The first-order valence-electron chi connectivity index (χ1n) is 5.25. The summed E-state index contributed by atoms with van der Waals surface area (Å²) in [5.41, 5.74) is 1.84. The number of nitrogens with two attached hydrogens (primary N) is 1. The third-order valence-electron chi connectivity index (χ3n) is 2.78. The van der Waals surface area contributed by atoms with Crippen molar-refractivity contribution in [3.05, 3.63) is 46.9 Å². The molecule has 1 amide bonds. The van der Waals surface area contributed by atoms with Crippen molar-refractivity contribution < 1.29 is 4.79 Å². The quantitative estimate of drug-likeness (QED) is 0.450. The molecule has 0 radical (unpaired) electrons. The number of carbonyl (C=O) groups excluding carboxylic acids is 1. The lowest BCUT2D eigenvalue weighted by molar-refractivity contribution is -0.124. The summed E-state index contributed by atoms with van der Waals surface area (Å²) in [7, 11) is 0. The average molecular weight is 231 g/mol. The molecule has 17 heavy (non-hydrogen) atoms. The minimum Gasteiger partial charge on any atom is -0.303 e. The molecule has 3 N–H and O–H groups in total. The van der Waals surface area contributed by atoms with E-state index in [1.165, 1.54) is 4.57 Å². The van der Waals surface area contributed by atoms with Crippen molar-refractivity contribution in [3.8, 4) is 0 Å². The summed E-state index contributed by atoms with van der Waals surface area (Å²) in [6.07, 6.45) is 1.60. The van der Waals surface area contributed by atoms with Crippen LogP contribution in [0.4, 0.5) is 0 Å². The Morgan fingerprint density at radius 3 is 2.76 bits per heavy atom. The molecule has 1 unspecified atom stereocenters. The van der Waals surface area contributed by atoms with E-state index in [1.54, 1.807) is 31.3 Å². The Bertz CT molecular complexity index is 618. The van der Waals surface area contributed by atoms with Crippen LogP contribution in [0.3, 0.4) is 0 Å². The molecule has 2 aromatic rings. The predicted octanol–water partition coefficient (Wildman–Crippen LogP) is 0.552. The number of hydrogen-bond acceptors (Lipinski definition) is 3. The zero-order chi connectivity index (χ0) is 12.4. The molecule has 0 aliphatic rings. The summed E-state index contributed by atoms with van der Waals surface area (Å²) in [5.74, 6) is 4.66. The van der Waals surface area contributed by atoms with Crippen LogP contribution in [-0.4, -0.2) is 10.5 Å². The van der Waals surface area contributed by atoms with Crippen molar-refractivity contribution in [3.63, 3.8) is 0 Å². The molecular formula is C12H13N3O2. The van der Waals surface area contributed by atoms with Crippen LogP contribution in [0.25, 0.3) is 10.8 Å². The predicted molar refractivity (Wildman–Crippen MR) is 65.2 cm³/mol. The minimum absolute atomic E-state index is 0.195. The summed E-state index contributed by atoms with van der Waals surface area (Å²) in [6, 6.07) is 8.42. The normalized spacial score (nSPS) is 12.4. The highest BCUT2D eigenvalue weighted by molar-refractivity contribution is 5.83.